The van der Waals surface area contributed by atoms with Gasteiger partial charge < -0.3 is 4.74 Å². The number of benzene rings is 2. The van der Waals surface area contributed by atoms with Crippen LogP contribution in [0.5, 0.6) is 5.75 Å². The fourth-order valence-electron chi connectivity index (χ4n) is 1.92. The quantitative estimate of drug-likeness (QED) is 0.878. The van der Waals surface area contributed by atoms with Crippen molar-refractivity contribution < 1.29 is 13.2 Å². The summed E-state index contributed by atoms with van der Waals surface area (Å²) < 4.78 is 32.9. The van der Waals surface area contributed by atoms with Crippen LogP contribution in [-0.4, -0.2) is 15.5 Å². The minimum atomic E-state index is -3.85. The molecule has 2 aromatic rings. The molecule has 118 valence electrons. The smallest absolute Gasteiger partial charge is 0.265 e. The summed E-state index contributed by atoms with van der Waals surface area (Å²) in [7, 11) is -2.43. The summed E-state index contributed by atoms with van der Waals surface area (Å²) >= 11 is 11.9. The summed E-state index contributed by atoms with van der Waals surface area (Å²) in [4.78, 5) is 0.0501. The molecule has 0 radical (unpaired) electrons. The number of hydrogen-bond donors (Lipinski definition) is 1. The van der Waals surface area contributed by atoms with E-state index in [-0.39, 0.29) is 26.4 Å². The van der Waals surface area contributed by atoms with Gasteiger partial charge in [0.15, 0.2) is 0 Å². The molecule has 0 aliphatic rings. The zero-order valence-corrected chi connectivity index (χ0v) is 14.6. The standard InChI is InChI=1S/C15H15Cl2NO3S/c1-9-7-13(21-3)14(8-10(9)2)22(19,20)18-12-6-4-5-11(16)15(12)17/h4-8,18H,1-3H3. The van der Waals surface area contributed by atoms with E-state index in [0.29, 0.717) is 0 Å². The van der Waals surface area contributed by atoms with Gasteiger partial charge in [0.05, 0.1) is 22.8 Å². The highest BCUT2D eigenvalue weighted by Gasteiger charge is 2.22. The topological polar surface area (TPSA) is 55.4 Å². The van der Waals surface area contributed by atoms with Gasteiger partial charge in [-0.3, -0.25) is 4.72 Å². The molecule has 2 aromatic carbocycles. The molecule has 0 fully saturated rings. The monoisotopic (exact) mass is 359 g/mol. The fraction of sp³-hybridized carbons (Fsp3) is 0.200. The number of hydrogen-bond acceptors (Lipinski definition) is 3. The van der Waals surface area contributed by atoms with Crippen molar-refractivity contribution in [2.45, 2.75) is 18.7 Å². The molecule has 0 amide bonds. The van der Waals surface area contributed by atoms with E-state index in [1.807, 2.05) is 13.8 Å². The van der Waals surface area contributed by atoms with Gasteiger partial charge in [0.25, 0.3) is 10.0 Å². The van der Waals surface area contributed by atoms with E-state index in [4.69, 9.17) is 27.9 Å². The Morgan fingerprint density at radius 3 is 2.36 bits per heavy atom. The van der Waals surface area contributed by atoms with Crippen LogP contribution in [0.4, 0.5) is 5.69 Å². The second kappa shape index (κ2) is 6.36. The largest absolute Gasteiger partial charge is 0.495 e. The lowest BCUT2D eigenvalue weighted by Gasteiger charge is -2.14. The molecule has 4 nitrogen and oxygen atoms in total. The van der Waals surface area contributed by atoms with Crippen LogP contribution in [0.2, 0.25) is 10.0 Å². The Morgan fingerprint density at radius 2 is 1.73 bits per heavy atom. The molecule has 0 atom stereocenters. The summed E-state index contributed by atoms with van der Waals surface area (Å²) in [6.07, 6.45) is 0. The highest BCUT2D eigenvalue weighted by Crippen LogP contribution is 2.33. The minimum Gasteiger partial charge on any atom is -0.495 e. The van der Waals surface area contributed by atoms with Crippen LogP contribution in [-0.2, 0) is 10.0 Å². The molecular weight excluding hydrogens is 345 g/mol. The van der Waals surface area contributed by atoms with Crippen molar-refractivity contribution >= 4 is 38.9 Å². The van der Waals surface area contributed by atoms with Crippen molar-refractivity contribution in [1.29, 1.82) is 0 Å². The third-order valence-corrected chi connectivity index (χ3v) is 5.47. The van der Waals surface area contributed by atoms with Gasteiger partial charge >= 0.3 is 0 Å². The maximum absolute atomic E-state index is 12.6. The lowest BCUT2D eigenvalue weighted by Crippen LogP contribution is -2.15. The Labute approximate surface area is 140 Å². The van der Waals surface area contributed by atoms with Crippen molar-refractivity contribution in [2.24, 2.45) is 0 Å². The average Bonchev–Trinajstić information content (AvgIpc) is 2.46. The zero-order chi connectivity index (χ0) is 16.5. The molecule has 0 saturated heterocycles. The number of anilines is 1. The Bertz CT molecular complexity index is 820. The molecule has 7 heteroatoms. The predicted octanol–water partition coefficient (Wildman–Crippen LogP) is 4.42. The summed E-state index contributed by atoms with van der Waals surface area (Å²) in [5.74, 6) is 0.272. The van der Waals surface area contributed by atoms with Crippen LogP contribution in [0.15, 0.2) is 35.2 Å². The molecule has 2 rings (SSSR count). The van der Waals surface area contributed by atoms with Gasteiger partial charge in [-0.1, -0.05) is 29.3 Å². The molecule has 0 heterocycles. The number of ether oxygens (including phenoxy) is 1. The first-order valence-electron chi connectivity index (χ1n) is 6.38. The summed E-state index contributed by atoms with van der Waals surface area (Å²) in [6.45, 7) is 3.72. The molecule has 0 aliphatic carbocycles. The molecular formula is C15H15Cl2NO3S. The van der Waals surface area contributed by atoms with Crippen molar-refractivity contribution in [3.63, 3.8) is 0 Å². The molecule has 22 heavy (non-hydrogen) atoms. The van der Waals surface area contributed by atoms with Crippen LogP contribution in [0, 0.1) is 13.8 Å². The van der Waals surface area contributed by atoms with Crippen LogP contribution < -0.4 is 9.46 Å². The van der Waals surface area contributed by atoms with Crippen molar-refractivity contribution in [2.75, 3.05) is 11.8 Å². The SMILES string of the molecule is COc1cc(C)c(C)cc1S(=O)(=O)Nc1cccc(Cl)c1Cl. The van der Waals surface area contributed by atoms with Gasteiger partial charge in [0.1, 0.15) is 10.6 Å². The lowest BCUT2D eigenvalue weighted by atomic mass is 10.1. The van der Waals surface area contributed by atoms with E-state index in [2.05, 4.69) is 4.72 Å². The predicted molar refractivity (Wildman–Crippen MR) is 89.7 cm³/mol. The number of methoxy groups -OCH3 is 1. The van der Waals surface area contributed by atoms with E-state index < -0.39 is 10.0 Å². The van der Waals surface area contributed by atoms with Crippen molar-refractivity contribution in [3.05, 3.63) is 51.5 Å². The number of nitrogens with one attached hydrogen (secondary N) is 1. The first-order chi connectivity index (χ1) is 10.3. The maximum atomic E-state index is 12.6. The summed E-state index contributed by atoms with van der Waals surface area (Å²) in [5.41, 5.74) is 2.00. The second-order valence-corrected chi connectivity index (χ2v) is 7.23. The minimum absolute atomic E-state index is 0.0501. The second-order valence-electron chi connectivity index (χ2n) is 4.79. The highest BCUT2D eigenvalue weighted by atomic mass is 35.5. The Morgan fingerprint density at radius 1 is 1.09 bits per heavy atom. The molecule has 0 spiro atoms. The number of rotatable bonds is 4. The third-order valence-electron chi connectivity index (χ3n) is 3.27. The van der Waals surface area contributed by atoms with Crippen LogP contribution in [0.3, 0.4) is 0 Å². The van der Waals surface area contributed by atoms with Crippen LogP contribution in [0.1, 0.15) is 11.1 Å². The number of halogens is 2. The first-order valence-corrected chi connectivity index (χ1v) is 8.62. The van der Waals surface area contributed by atoms with Gasteiger partial charge in [-0.2, -0.15) is 0 Å². The van der Waals surface area contributed by atoms with Gasteiger partial charge in [0, 0.05) is 0 Å². The van der Waals surface area contributed by atoms with Gasteiger partial charge in [-0.15, -0.1) is 0 Å². The van der Waals surface area contributed by atoms with Gasteiger partial charge in [-0.25, -0.2) is 8.42 Å². The van der Waals surface area contributed by atoms with Crippen molar-refractivity contribution in [1.82, 2.24) is 0 Å². The molecule has 0 aromatic heterocycles. The lowest BCUT2D eigenvalue weighted by molar-refractivity contribution is 0.402. The molecule has 0 saturated carbocycles. The van der Waals surface area contributed by atoms with E-state index >= 15 is 0 Å². The van der Waals surface area contributed by atoms with Gasteiger partial charge in [0.2, 0.25) is 0 Å². The summed E-state index contributed by atoms with van der Waals surface area (Å²) in [5, 5.41) is 0.421. The first kappa shape index (κ1) is 16.9. The maximum Gasteiger partial charge on any atom is 0.265 e. The zero-order valence-electron chi connectivity index (χ0n) is 12.3. The van der Waals surface area contributed by atoms with Gasteiger partial charge in [-0.05, 0) is 49.2 Å². The number of sulfonamides is 1. The number of aryl methyl sites for hydroxylation is 2. The molecule has 0 aliphatic heterocycles. The summed E-state index contributed by atoms with van der Waals surface area (Å²) in [6, 6.07) is 7.99. The van der Waals surface area contributed by atoms with E-state index in [1.54, 1.807) is 30.3 Å². The third kappa shape index (κ3) is 3.32. The Kier molecular flexibility index (Phi) is 4.90. The fourth-order valence-corrected chi connectivity index (χ4v) is 3.63. The average molecular weight is 360 g/mol. The normalized spacial score (nSPS) is 11.3. The molecule has 0 bridgehead atoms. The highest BCUT2D eigenvalue weighted by molar-refractivity contribution is 7.92. The van der Waals surface area contributed by atoms with Crippen LogP contribution in [0.25, 0.3) is 0 Å². The Balaban J connectivity index is 2.52. The molecule has 1 N–H and O–H groups in total. The van der Waals surface area contributed by atoms with Crippen molar-refractivity contribution in [3.8, 4) is 5.75 Å². The molecule has 0 unspecified atom stereocenters. The van der Waals surface area contributed by atoms with E-state index in [0.717, 1.165) is 11.1 Å². The van der Waals surface area contributed by atoms with E-state index in [1.165, 1.54) is 7.11 Å². The Hall–Kier alpha value is -1.43. The van der Waals surface area contributed by atoms with Crippen LogP contribution >= 0.6 is 23.2 Å². The van der Waals surface area contributed by atoms with E-state index in [9.17, 15) is 8.42 Å².